The Hall–Kier alpha value is -1.38. The lowest BCUT2D eigenvalue weighted by Gasteiger charge is -2.60. The molecule has 4 saturated carbocycles. The Balaban J connectivity index is 1.44. The highest BCUT2D eigenvalue weighted by molar-refractivity contribution is 5.91. The standard InChI is InChI=1S/C25H32O3/c1-3-14-11-15-12-16(26)5-6-17(15)18-7-9-24(4-2)23(22(14)18)19-13-20(19)25(24)10-8-21(27)28-25/h8,10,12,14,17-20,22-23H,3-7,9,11,13H2,1-2H3/t14-,17-,18?,19-,20+,22?,23?,24-,25-/m0/s1. The lowest BCUT2D eigenvalue weighted by atomic mass is 9.45. The van der Waals surface area contributed by atoms with Gasteiger partial charge >= 0.3 is 5.97 Å². The van der Waals surface area contributed by atoms with Gasteiger partial charge in [-0.3, -0.25) is 4.79 Å². The van der Waals surface area contributed by atoms with E-state index in [9.17, 15) is 9.59 Å². The first kappa shape index (κ1) is 17.5. The number of fused-ring (bicyclic) bond motifs is 9. The zero-order chi connectivity index (χ0) is 19.3. The van der Waals surface area contributed by atoms with Crippen LogP contribution in [0.2, 0.25) is 0 Å². The van der Waals surface area contributed by atoms with Crippen molar-refractivity contribution in [1.82, 2.24) is 0 Å². The molecule has 1 aliphatic heterocycles. The van der Waals surface area contributed by atoms with Gasteiger partial charge in [0, 0.05) is 23.8 Å². The van der Waals surface area contributed by atoms with E-state index in [-0.39, 0.29) is 17.0 Å². The van der Waals surface area contributed by atoms with Crippen molar-refractivity contribution in [1.29, 1.82) is 0 Å². The van der Waals surface area contributed by atoms with E-state index in [1.165, 1.54) is 31.3 Å². The summed E-state index contributed by atoms with van der Waals surface area (Å²) in [5, 5.41) is 0. The molecule has 6 rings (SSSR count). The maximum Gasteiger partial charge on any atom is 0.331 e. The van der Waals surface area contributed by atoms with Gasteiger partial charge in [-0.15, -0.1) is 0 Å². The predicted molar refractivity (Wildman–Crippen MR) is 106 cm³/mol. The summed E-state index contributed by atoms with van der Waals surface area (Å²) in [5.41, 5.74) is 1.31. The van der Waals surface area contributed by atoms with Gasteiger partial charge in [0.1, 0.15) is 5.60 Å². The molecule has 3 heteroatoms. The molecule has 3 unspecified atom stereocenters. The van der Waals surface area contributed by atoms with Crippen molar-refractivity contribution >= 4 is 11.8 Å². The summed E-state index contributed by atoms with van der Waals surface area (Å²) < 4.78 is 6.19. The summed E-state index contributed by atoms with van der Waals surface area (Å²) in [5.74, 6) is 5.03. The van der Waals surface area contributed by atoms with Gasteiger partial charge < -0.3 is 4.74 Å². The van der Waals surface area contributed by atoms with Gasteiger partial charge in [-0.25, -0.2) is 4.79 Å². The highest BCUT2D eigenvalue weighted by Gasteiger charge is 2.79. The SMILES string of the molecule is CC[C@H]1CC2=CC(=O)CC[C@@H]2C2CC[C@@]3(CC)C(C21)[C@H]1C[C@H]1[C@@]31C=CC(=O)O1. The number of hydrogen-bond acceptors (Lipinski definition) is 3. The lowest BCUT2D eigenvalue weighted by molar-refractivity contribution is -0.175. The summed E-state index contributed by atoms with van der Waals surface area (Å²) in [6, 6.07) is 0. The monoisotopic (exact) mass is 380 g/mol. The smallest absolute Gasteiger partial charge is 0.331 e. The van der Waals surface area contributed by atoms with Crippen LogP contribution in [0.1, 0.15) is 65.2 Å². The molecule has 0 saturated heterocycles. The molecule has 0 bridgehead atoms. The van der Waals surface area contributed by atoms with Gasteiger partial charge in [-0.05, 0) is 86.2 Å². The minimum Gasteiger partial charge on any atom is -0.451 e. The van der Waals surface area contributed by atoms with Crippen LogP contribution in [0.5, 0.6) is 0 Å². The van der Waals surface area contributed by atoms with Crippen LogP contribution in [-0.2, 0) is 14.3 Å². The molecule has 0 aromatic carbocycles. The van der Waals surface area contributed by atoms with E-state index in [2.05, 4.69) is 19.9 Å². The minimum absolute atomic E-state index is 0.118. The Bertz CT molecular complexity index is 809. The van der Waals surface area contributed by atoms with Crippen molar-refractivity contribution in [3.8, 4) is 0 Å². The summed E-state index contributed by atoms with van der Waals surface area (Å²) in [6.07, 6.45) is 14.9. The van der Waals surface area contributed by atoms with E-state index in [0.717, 1.165) is 43.4 Å². The summed E-state index contributed by atoms with van der Waals surface area (Å²) >= 11 is 0. The predicted octanol–water partition coefficient (Wildman–Crippen LogP) is 4.86. The van der Waals surface area contributed by atoms with Crippen LogP contribution in [0.15, 0.2) is 23.8 Å². The maximum atomic E-state index is 12.2. The number of ether oxygens (including phenoxy) is 1. The third kappa shape index (κ3) is 1.92. The molecule has 1 heterocycles. The van der Waals surface area contributed by atoms with Crippen LogP contribution >= 0.6 is 0 Å². The van der Waals surface area contributed by atoms with Crippen LogP contribution in [0.25, 0.3) is 0 Å². The topological polar surface area (TPSA) is 43.4 Å². The van der Waals surface area contributed by atoms with Crippen molar-refractivity contribution in [2.24, 2.45) is 46.8 Å². The van der Waals surface area contributed by atoms with Crippen molar-refractivity contribution in [2.45, 2.75) is 70.8 Å². The van der Waals surface area contributed by atoms with E-state index < -0.39 is 0 Å². The van der Waals surface area contributed by atoms with E-state index in [1.54, 1.807) is 6.08 Å². The first-order valence-corrected chi connectivity index (χ1v) is 11.7. The van der Waals surface area contributed by atoms with E-state index in [1.807, 2.05) is 6.08 Å². The Labute approximate surface area is 168 Å². The first-order chi connectivity index (χ1) is 13.5. The minimum atomic E-state index is -0.309. The molecule has 0 aromatic heterocycles. The molecule has 1 spiro atoms. The molecular weight excluding hydrogens is 348 g/mol. The molecular formula is C25H32O3. The quantitative estimate of drug-likeness (QED) is 0.643. The van der Waals surface area contributed by atoms with Crippen molar-refractivity contribution in [3.63, 3.8) is 0 Å². The third-order valence-corrected chi connectivity index (χ3v) is 10.1. The second kappa shape index (κ2) is 5.61. The molecule has 3 nitrogen and oxygen atoms in total. The van der Waals surface area contributed by atoms with Gasteiger partial charge in [-0.2, -0.15) is 0 Å². The van der Waals surface area contributed by atoms with Crippen LogP contribution in [0, 0.1) is 46.8 Å². The zero-order valence-electron chi connectivity index (χ0n) is 17.2. The highest BCUT2D eigenvalue weighted by atomic mass is 16.6. The fraction of sp³-hybridized carbons (Fsp3) is 0.760. The number of ketones is 1. The van der Waals surface area contributed by atoms with Crippen LogP contribution in [0.4, 0.5) is 0 Å². The van der Waals surface area contributed by atoms with E-state index in [4.69, 9.17) is 4.74 Å². The lowest BCUT2D eigenvalue weighted by Crippen LogP contribution is -2.57. The largest absolute Gasteiger partial charge is 0.451 e. The molecule has 0 radical (unpaired) electrons. The van der Waals surface area contributed by atoms with Gasteiger partial charge in [-0.1, -0.05) is 25.8 Å². The number of rotatable bonds is 2. The molecule has 0 amide bonds. The molecule has 5 aliphatic carbocycles. The van der Waals surface area contributed by atoms with Gasteiger partial charge in [0.25, 0.3) is 0 Å². The highest BCUT2D eigenvalue weighted by Crippen LogP contribution is 2.79. The van der Waals surface area contributed by atoms with Crippen molar-refractivity contribution < 1.29 is 14.3 Å². The molecule has 6 aliphatic rings. The second-order valence-corrected chi connectivity index (χ2v) is 10.6. The fourth-order valence-corrected chi connectivity index (χ4v) is 9.16. The van der Waals surface area contributed by atoms with Gasteiger partial charge in [0.05, 0.1) is 0 Å². The Morgan fingerprint density at radius 3 is 2.75 bits per heavy atom. The maximum absolute atomic E-state index is 12.2. The van der Waals surface area contributed by atoms with Crippen LogP contribution < -0.4 is 0 Å². The molecule has 0 N–H and O–H groups in total. The Kier molecular flexibility index (Phi) is 3.50. The van der Waals surface area contributed by atoms with Crippen molar-refractivity contribution in [2.75, 3.05) is 0 Å². The van der Waals surface area contributed by atoms with E-state index >= 15 is 0 Å². The summed E-state index contributed by atoms with van der Waals surface area (Å²) in [7, 11) is 0. The zero-order valence-corrected chi connectivity index (χ0v) is 17.2. The Morgan fingerprint density at radius 2 is 2.04 bits per heavy atom. The molecule has 150 valence electrons. The van der Waals surface area contributed by atoms with Crippen molar-refractivity contribution in [3.05, 3.63) is 23.8 Å². The average Bonchev–Trinajstić information content (AvgIpc) is 3.34. The molecule has 28 heavy (non-hydrogen) atoms. The van der Waals surface area contributed by atoms with Gasteiger partial charge in [0.2, 0.25) is 0 Å². The number of esters is 1. The average molecular weight is 381 g/mol. The summed E-state index contributed by atoms with van der Waals surface area (Å²) in [4.78, 5) is 24.3. The summed E-state index contributed by atoms with van der Waals surface area (Å²) in [6.45, 7) is 4.69. The Morgan fingerprint density at radius 1 is 1.18 bits per heavy atom. The normalized spacial score (nSPS) is 53.2. The van der Waals surface area contributed by atoms with E-state index in [0.29, 0.717) is 29.5 Å². The molecule has 4 fully saturated rings. The fourth-order valence-electron chi connectivity index (χ4n) is 9.16. The molecule has 9 atom stereocenters. The first-order valence-electron chi connectivity index (χ1n) is 11.7. The second-order valence-electron chi connectivity index (χ2n) is 10.6. The third-order valence-electron chi connectivity index (χ3n) is 10.1. The number of allylic oxidation sites excluding steroid dienone is 1. The van der Waals surface area contributed by atoms with Crippen LogP contribution in [-0.4, -0.2) is 17.4 Å². The number of carbonyl (C=O) groups is 2. The number of hydrogen-bond donors (Lipinski definition) is 0. The van der Waals surface area contributed by atoms with Crippen LogP contribution in [0.3, 0.4) is 0 Å². The molecule has 0 aromatic rings. The number of carbonyl (C=O) groups excluding carboxylic acids is 2. The van der Waals surface area contributed by atoms with Gasteiger partial charge in [0.15, 0.2) is 5.78 Å².